The lowest BCUT2D eigenvalue weighted by Crippen LogP contribution is -2.08. The van der Waals surface area contributed by atoms with E-state index in [1.54, 1.807) is 46.4 Å². The average molecular weight is 389 g/mol. The van der Waals surface area contributed by atoms with E-state index < -0.39 is 0 Å². The number of ether oxygens (including phenoxy) is 1. The number of fused-ring (bicyclic) bond motifs is 5. The van der Waals surface area contributed by atoms with Crippen LogP contribution in [0.5, 0.6) is 5.75 Å². The topological polar surface area (TPSA) is 76.1 Å². The van der Waals surface area contributed by atoms with Crippen LogP contribution in [0.25, 0.3) is 15.9 Å². The van der Waals surface area contributed by atoms with Gasteiger partial charge in [0.25, 0.3) is 0 Å². The number of hydrogen-bond donors (Lipinski definition) is 0. The van der Waals surface area contributed by atoms with E-state index in [4.69, 9.17) is 15.0 Å². The molecule has 0 amide bonds. The van der Waals surface area contributed by atoms with Gasteiger partial charge in [-0.3, -0.25) is 0 Å². The minimum Gasteiger partial charge on any atom is -0.483 e. The normalized spacial score (nSPS) is 17.4. The van der Waals surface area contributed by atoms with Crippen LogP contribution in [0.4, 0.5) is 0 Å². The molecule has 0 saturated carbocycles. The van der Waals surface area contributed by atoms with E-state index in [0.29, 0.717) is 17.1 Å². The van der Waals surface area contributed by atoms with Crippen molar-refractivity contribution in [3.63, 3.8) is 0 Å². The number of thiophene rings is 1. The Balaban J connectivity index is 1.52. The Morgan fingerprint density at radius 3 is 2.93 bits per heavy atom. The first-order valence-corrected chi connectivity index (χ1v) is 10.3. The number of nitriles is 1. The molecular weight excluding hydrogens is 370 g/mol. The van der Waals surface area contributed by atoms with Crippen molar-refractivity contribution in [2.45, 2.75) is 39.2 Å². The van der Waals surface area contributed by atoms with Crippen LogP contribution in [-0.2, 0) is 12.8 Å². The van der Waals surface area contributed by atoms with Gasteiger partial charge in [-0.05, 0) is 61.9 Å². The lowest BCUT2D eigenvalue weighted by atomic mass is 9.89. The smallest absolute Gasteiger partial charge is 0.192 e. The van der Waals surface area contributed by atoms with Gasteiger partial charge in [-0.2, -0.15) is 5.26 Å². The van der Waals surface area contributed by atoms with Gasteiger partial charge < -0.3 is 4.74 Å². The molecule has 1 aliphatic carbocycles. The molecule has 0 spiro atoms. The van der Waals surface area contributed by atoms with E-state index in [-0.39, 0.29) is 6.10 Å². The zero-order chi connectivity index (χ0) is 19.3. The molecule has 140 valence electrons. The lowest BCUT2D eigenvalue weighted by Gasteiger charge is -2.17. The molecule has 4 aromatic rings. The molecular formula is C21H19N5OS. The van der Waals surface area contributed by atoms with Crippen LogP contribution in [0.15, 0.2) is 30.6 Å². The molecule has 2 atom stereocenters. The maximum atomic E-state index is 8.92. The molecule has 28 heavy (non-hydrogen) atoms. The van der Waals surface area contributed by atoms with Gasteiger partial charge in [0.2, 0.25) is 0 Å². The number of nitrogens with zero attached hydrogens (tertiary/aromatic N) is 5. The van der Waals surface area contributed by atoms with Crippen molar-refractivity contribution in [1.29, 1.82) is 5.26 Å². The van der Waals surface area contributed by atoms with Gasteiger partial charge in [-0.1, -0.05) is 6.92 Å². The minimum absolute atomic E-state index is 0.308. The molecule has 7 heteroatoms. The summed E-state index contributed by atoms with van der Waals surface area (Å²) in [7, 11) is 0. The molecule has 6 nitrogen and oxygen atoms in total. The summed E-state index contributed by atoms with van der Waals surface area (Å²) in [4.78, 5) is 11.9. The predicted molar refractivity (Wildman–Crippen MR) is 108 cm³/mol. The van der Waals surface area contributed by atoms with Gasteiger partial charge in [0.05, 0.1) is 17.0 Å². The van der Waals surface area contributed by atoms with Gasteiger partial charge in [0, 0.05) is 4.88 Å². The zero-order valence-corrected chi connectivity index (χ0v) is 16.5. The predicted octanol–water partition coefficient (Wildman–Crippen LogP) is 4.48. The maximum Gasteiger partial charge on any atom is 0.192 e. The number of rotatable bonds is 3. The van der Waals surface area contributed by atoms with Crippen molar-refractivity contribution in [3.05, 3.63) is 52.4 Å². The van der Waals surface area contributed by atoms with Crippen LogP contribution in [0, 0.1) is 17.2 Å². The average Bonchev–Trinajstić information content (AvgIpc) is 3.28. The second kappa shape index (κ2) is 6.57. The molecule has 0 radical (unpaired) electrons. The van der Waals surface area contributed by atoms with E-state index in [1.807, 2.05) is 6.92 Å². The van der Waals surface area contributed by atoms with Crippen molar-refractivity contribution >= 4 is 27.2 Å². The third-order valence-electron chi connectivity index (χ3n) is 5.31. The third kappa shape index (κ3) is 2.81. The van der Waals surface area contributed by atoms with Crippen LogP contribution < -0.4 is 4.74 Å². The Morgan fingerprint density at radius 2 is 2.14 bits per heavy atom. The zero-order valence-electron chi connectivity index (χ0n) is 15.7. The summed E-state index contributed by atoms with van der Waals surface area (Å²) in [6.45, 7) is 4.25. The van der Waals surface area contributed by atoms with Gasteiger partial charge in [-0.25, -0.2) is 14.5 Å². The van der Waals surface area contributed by atoms with E-state index in [1.165, 1.54) is 16.9 Å². The Hall–Kier alpha value is -2.98. The standard InChI is InChI=1S/C21H19N5OS/c1-12-3-8-16-17(9-12)28-21-18(16)20-24-19(25-26(20)11-23-21)13(2)27-15-6-4-14(10-22)5-7-15/h4-7,11-13H,3,8-9H2,1-2H3/t12-,13+/m0/s1. The molecule has 3 aromatic heterocycles. The van der Waals surface area contributed by atoms with Crippen LogP contribution in [0.1, 0.15) is 48.2 Å². The Labute approximate surface area is 166 Å². The molecule has 0 fully saturated rings. The summed E-state index contributed by atoms with van der Waals surface area (Å²) in [5.74, 6) is 2.05. The lowest BCUT2D eigenvalue weighted by molar-refractivity contribution is 0.216. The Morgan fingerprint density at radius 1 is 1.32 bits per heavy atom. The van der Waals surface area contributed by atoms with E-state index in [0.717, 1.165) is 34.6 Å². The van der Waals surface area contributed by atoms with Crippen molar-refractivity contribution in [2.75, 3.05) is 0 Å². The van der Waals surface area contributed by atoms with Crippen LogP contribution in [0.3, 0.4) is 0 Å². The first-order valence-electron chi connectivity index (χ1n) is 9.44. The fourth-order valence-electron chi connectivity index (χ4n) is 3.79. The minimum atomic E-state index is -0.308. The fourth-order valence-corrected chi connectivity index (χ4v) is 5.14. The summed E-state index contributed by atoms with van der Waals surface area (Å²) in [6, 6.07) is 9.18. The van der Waals surface area contributed by atoms with Crippen LogP contribution >= 0.6 is 11.3 Å². The Bertz CT molecular complexity index is 1220. The summed E-state index contributed by atoms with van der Waals surface area (Å²) in [5.41, 5.74) is 2.87. The number of aromatic nitrogens is 4. The highest BCUT2D eigenvalue weighted by Gasteiger charge is 2.24. The largest absolute Gasteiger partial charge is 0.483 e. The van der Waals surface area contributed by atoms with Gasteiger partial charge in [-0.15, -0.1) is 16.4 Å². The van der Waals surface area contributed by atoms with Crippen molar-refractivity contribution in [1.82, 2.24) is 19.6 Å². The highest BCUT2D eigenvalue weighted by molar-refractivity contribution is 7.19. The number of benzene rings is 1. The quantitative estimate of drug-likeness (QED) is 0.516. The highest BCUT2D eigenvalue weighted by Crippen LogP contribution is 2.38. The molecule has 0 N–H and O–H groups in total. The molecule has 0 unspecified atom stereocenters. The first kappa shape index (κ1) is 17.1. The van der Waals surface area contributed by atoms with Crippen molar-refractivity contribution in [2.24, 2.45) is 5.92 Å². The molecule has 3 heterocycles. The van der Waals surface area contributed by atoms with Crippen molar-refractivity contribution in [3.8, 4) is 11.8 Å². The van der Waals surface area contributed by atoms with E-state index >= 15 is 0 Å². The molecule has 0 bridgehead atoms. The van der Waals surface area contributed by atoms with Gasteiger partial charge in [0.1, 0.15) is 16.9 Å². The second-order valence-electron chi connectivity index (χ2n) is 7.41. The highest BCUT2D eigenvalue weighted by atomic mass is 32.1. The summed E-state index contributed by atoms with van der Waals surface area (Å²) in [6.07, 6.45) is 4.85. The fraction of sp³-hybridized carbons (Fsp3) is 0.333. The molecule has 0 saturated heterocycles. The van der Waals surface area contributed by atoms with Gasteiger partial charge in [0.15, 0.2) is 17.6 Å². The summed E-state index contributed by atoms with van der Waals surface area (Å²) >= 11 is 1.79. The van der Waals surface area contributed by atoms with Gasteiger partial charge >= 0.3 is 0 Å². The van der Waals surface area contributed by atoms with Crippen LogP contribution in [-0.4, -0.2) is 19.6 Å². The molecule has 1 aliphatic rings. The Kier molecular flexibility index (Phi) is 4.02. The molecule has 0 aliphatic heterocycles. The maximum absolute atomic E-state index is 8.92. The molecule has 5 rings (SSSR count). The second-order valence-corrected chi connectivity index (χ2v) is 8.49. The first-order chi connectivity index (χ1) is 13.6. The SMILES string of the molecule is C[C@H]1CCc2c(sc3ncn4nc([C@@H](C)Oc5ccc(C#N)cc5)nc4c23)C1. The monoisotopic (exact) mass is 389 g/mol. The van der Waals surface area contributed by atoms with Crippen molar-refractivity contribution < 1.29 is 4.74 Å². The number of aryl methyl sites for hydroxylation is 1. The molecule has 1 aromatic carbocycles. The van der Waals surface area contributed by atoms with E-state index in [9.17, 15) is 0 Å². The summed E-state index contributed by atoms with van der Waals surface area (Å²) < 4.78 is 7.75. The van der Waals surface area contributed by atoms with E-state index in [2.05, 4.69) is 23.1 Å². The summed E-state index contributed by atoms with van der Waals surface area (Å²) in [5, 5.41) is 14.7. The third-order valence-corrected chi connectivity index (χ3v) is 6.47. The van der Waals surface area contributed by atoms with Crippen LogP contribution in [0.2, 0.25) is 0 Å². The number of hydrogen-bond acceptors (Lipinski definition) is 6.